The van der Waals surface area contributed by atoms with E-state index in [2.05, 4.69) is 11.3 Å². The summed E-state index contributed by atoms with van der Waals surface area (Å²) in [4.78, 5) is 2.80. The van der Waals surface area contributed by atoms with Gasteiger partial charge in [0.1, 0.15) is 0 Å². The Bertz CT molecular complexity index is 158. The quantitative estimate of drug-likeness (QED) is 0.575. The van der Waals surface area contributed by atoms with Crippen LogP contribution in [0.25, 0.3) is 0 Å². The van der Waals surface area contributed by atoms with Crippen molar-refractivity contribution in [2.75, 3.05) is 0 Å². The van der Waals surface area contributed by atoms with Crippen molar-refractivity contribution in [2.24, 2.45) is 0 Å². The predicted octanol–water partition coefficient (Wildman–Crippen LogP) is 2.37. The number of fused-ring (bicyclic) bond motifs is 1. The summed E-state index contributed by atoms with van der Waals surface area (Å²) >= 11 is 0. The third-order valence-electron chi connectivity index (χ3n) is 4.00. The van der Waals surface area contributed by atoms with Crippen molar-refractivity contribution in [1.29, 1.82) is 0 Å². The van der Waals surface area contributed by atoms with Crippen LogP contribution in [0, 0.1) is 6.42 Å². The van der Waals surface area contributed by atoms with Crippen molar-refractivity contribution in [3.63, 3.8) is 0 Å². The van der Waals surface area contributed by atoms with Gasteiger partial charge >= 0.3 is 0 Å². The molecular formula is C11H18N. The number of nitrogens with zero attached hydrogens (tertiary/aromatic N) is 1. The van der Waals surface area contributed by atoms with Crippen LogP contribution in [0.4, 0.5) is 0 Å². The Morgan fingerprint density at radius 2 is 1.83 bits per heavy atom. The zero-order valence-electron chi connectivity index (χ0n) is 7.71. The van der Waals surface area contributed by atoms with Crippen LogP contribution < -0.4 is 0 Å². The Morgan fingerprint density at radius 3 is 2.42 bits per heavy atom. The minimum atomic E-state index is 0.880. The largest absolute Gasteiger partial charge is 0.294 e. The summed E-state index contributed by atoms with van der Waals surface area (Å²) in [7, 11) is 0. The summed E-state index contributed by atoms with van der Waals surface area (Å²) in [5.74, 6) is 0. The van der Waals surface area contributed by atoms with E-state index in [9.17, 15) is 0 Å². The lowest BCUT2D eigenvalue weighted by Crippen LogP contribution is -2.54. The molecule has 3 unspecified atom stereocenters. The summed E-state index contributed by atoms with van der Waals surface area (Å²) in [5.41, 5.74) is 0. The lowest BCUT2D eigenvalue weighted by atomic mass is 9.89. The number of rotatable bonds is 1. The average molecular weight is 164 g/mol. The lowest BCUT2D eigenvalue weighted by molar-refractivity contribution is 0.0323. The molecule has 0 spiro atoms. The lowest BCUT2D eigenvalue weighted by Gasteiger charge is -2.47. The van der Waals surface area contributed by atoms with Crippen LogP contribution in [0.5, 0.6) is 0 Å². The van der Waals surface area contributed by atoms with E-state index in [1.54, 1.807) is 0 Å². The normalized spacial score (nSPS) is 43.0. The predicted molar refractivity (Wildman–Crippen MR) is 49.8 cm³/mol. The Morgan fingerprint density at radius 1 is 1.00 bits per heavy atom. The van der Waals surface area contributed by atoms with E-state index in [0.29, 0.717) is 0 Å². The summed E-state index contributed by atoms with van der Waals surface area (Å²) in [5, 5.41) is 0. The summed E-state index contributed by atoms with van der Waals surface area (Å²) in [6, 6.07) is 2.87. The molecule has 2 aliphatic heterocycles. The topological polar surface area (TPSA) is 3.24 Å². The van der Waals surface area contributed by atoms with Crippen molar-refractivity contribution in [1.82, 2.24) is 4.90 Å². The van der Waals surface area contributed by atoms with Crippen LogP contribution in [0.1, 0.15) is 44.9 Å². The highest BCUT2D eigenvalue weighted by Gasteiger charge is 2.47. The van der Waals surface area contributed by atoms with Crippen LogP contribution in [0.3, 0.4) is 0 Å². The summed E-state index contributed by atoms with van der Waals surface area (Å²) < 4.78 is 0. The van der Waals surface area contributed by atoms with Crippen molar-refractivity contribution >= 4 is 0 Å². The van der Waals surface area contributed by atoms with Crippen molar-refractivity contribution < 1.29 is 0 Å². The van der Waals surface area contributed by atoms with E-state index in [1.165, 1.54) is 44.9 Å². The molecule has 0 aromatic heterocycles. The molecule has 3 atom stereocenters. The van der Waals surface area contributed by atoms with E-state index in [-0.39, 0.29) is 0 Å². The van der Waals surface area contributed by atoms with Crippen LogP contribution in [0.15, 0.2) is 0 Å². The fourth-order valence-corrected chi connectivity index (χ4v) is 3.37. The third kappa shape index (κ3) is 0.953. The molecule has 1 heteroatoms. The first-order chi connectivity index (χ1) is 5.95. The Kier molecular flexibility index (Phi) is 1.68. The fourth-order valence-electron chi connectivity index (χ4n) is 3.37. The standard InChI is InChI=1S/C11H18N/c1-2-4-9(5-3-1)12-10-6-7-11(12)8-10/h4,9-11H,1-3,5-8H2. The number of hydrogen-bond donors (Lipinski definition) is 0. The zero-order valence-corrected chi connectivity index (χ0v) is 7.71. The summed E-state index contributed by atoms with van der Waals surface area (Å²) in [6.45, 7) is 0. The van der Waals surface area contributed by atoms with Gasteiger partial charge in [-0.15, -0.1) is 0 Å². The van der Waals surface area contributed by atoms with Gasteiger partial charge < -0.3 is 0 Å². The second-order valence-electron chi connectivity index (χ2n) is 4.66. The van der Waals surface area contributed by atoms with Gasteiger partial charge in [0.2, 0.25) is 0 Å². The molecule has 2 heterocycles. The molecule has 1 nitrogen and oxygen atoms in total. The second kappa shape index (κ2) is 2.73. The van der Waals surface area contributed by atoms with E-state index in [1.807, 2.05) is 0 Å². The Labute approximate surface area is 75.1 Å². The van der Waals surface area contributed by atoms with Gasteiger partial charge in [-0.2, -0.15) is 0 Å². The molecule has 0 amide bonds. The van der Waals surface area contributed by atoms with Gasteiger partial charge in [-0.1, -0.05) is 12.8 Å². The highest BCUT2D eigenvalue weighted by Crippen LogP contribution is 2.44. The molecule has 4 aliphatic rings. The molecule has 2 saturated carbocycles. The van der Waals surface area contributed by atoms with E-state index in [4.69, 9.17) is 0 Å². The average Bonchev–Trinajstić information content (AvgIpc) is 2.66. The van der Waals surface area contributed by atoms with Crippen molar-refractivity contribution in [3.05, 3.63) is 6.42 Å². The molecule has 0 aromatic carbocycles. The van der Waals surface area contributed by atoms with Crippen molar-refractivity contribution in [2.45, 2.75) is 63.1 Å². The first-order valence-electron chi connectivity index (χ1n) is 5.56. The minimum Gasteiger partial charge on any atom is -0.294 e. The monoisotopic (exact) mass is 164 g/mol. The molecule has 12 heavy (non-hydrogen) atoms. The highest BCUT2D eigenvalue weighted by atomic mass is 15.3. The fraction of sp³-hybridized carbons (Fsp3) is 0.909. The third-order valence-corrected chi connectivity index (χ3v) is 4.00. The second-order valence-corrected chi connectivity index (χ2v) is 4.66. The maximum Gasteiger partial charge on any atom is 0.0133 e. The van der Waals surface area contributed by atoms with Crippen LogP contribution in [-0.4, -0.2) is 23.0 Å². The molecule has 4 rings (SSSR count). The molecule has 4 fully saturated rings. The van der Waals surface area contributed by atoms with Gasteiger partial charge in [0.05, 0.1) is 0 Å². The minimum absolute atomic E-state index is 0.880. The number of hydrogen-bond acceptors (Lipinski definition) is 1. The maximum absolute atomic E-state index is 2.80. The van der Waals surface area contributed by atoms with Crippen LogP contribution in [0.2, 0.25) is 0 Å². The SMILES string of the molecule is [CH]1CCCCC1N1C2CCC1C2. The van der Waals surface area contributed by atoms with Gasteiger partial charge in [-0.25, -0.2) is 0 Å². The van der Waals surface area contributed by atoms with E-state index >= 15 is 0 Å². The molecule has 2 aliphatic carbocycles. The smallest absolute Gasteiger partial charge is 0.0133 e. The highest BCUT2D eigenvalue weighted by molar-refractivity contribution is 5.06. The van der Waals surface area contributed by atoms with Gasteiger partial charge in [-0.3, -0.25) is 4.90 Å². The van der Waals surface area contributed by atoms with Gasteiger partial charge in [-0.05, 0) is 38.5 Å². The van der Waals surface area contributed by atoms with Crippen LogP contribution in [-0.2, 0) is 0 Å². The maximum atomic E-state index is 2.80. The molecule has 0 N–H and O–H groups in total. The zero-order chi connectivity index (χ0) is 7.97. The molecule has 2 bridgehead atoms. The first-order valence-corrected chi connectivity index (χ1v) is 5.56. The van der Waals surface area contributed by atoms with E-state index < -0.39 is 0 Å². The molecule has 0 aromatic rings. The first kappa shape index (κ1) is 7.37. The Balaban J connectivity index is 1.65. The molecular weight excluding hydrogens is 146 g/mol. The Hall–Kier alpha value is -0.0400. The molecule has 67 valence electrons. The van der Waals surface area contributed by atoms with Gasteiger partial charge in [0.15, 0.2) is 0 Å². The van der Waals surface area contributed by atoms with Crippen LogP contribution >= 0.6 is 0 Å². The molecule has 1 radical (unpaired) electrons. The van der Waals surface area contributed by atoms with E-state index in [0.717, 1.165) is 18.1 Å². The molecule has 2 saturated heterocycles. The van der Waals surface area contributed by atoms with Gasteiger partial charge in [0.25, 0.3) is 0 Å². The van der Waals surface area contributed by atoms with Gasteiger partial charge in [0, 0.05) is 18.1 Å². The van der Waals surface area contributed by atoms with Crippen molar-refractivity contribution in [3.8, 4) is 0 Å². The summed E-state index contributed by atoms with van der Waals surface area (Å²) in [6.07, 6.45) is 12.8.